The molecule has 5 rings (SSSR count). The largest absolute Gasteiger partial charge is 0.508 e. The number of carbonyl (C=O) groups is 5. The Kier molecular flexibility index (Phi) is 8.17. The van der Waals surface area contributed by atoms with Crippen LogP contribution < -0.4 is 15.8 Å². The number of ether oxygens (including phenoxy) is 1. The fourth-order valence-corrected chi connectivity index (χ4v) is 4.38. The number of nitrogens with zero attached hydrogens (tertiary/aromatic N) is 1. The number of aromatic hydroxyl groups is 1. The molecule has 10 heteroatoms. The van der Waals surface area contributed by atoms with E-state index in [0.717, 1.165) is 16.0 Å². The summed E-state index contributed by atoms with van der Waals surface area (Å²) in [5.41, 5.74) is 7.99. The molecule has 0 aliphatic carbocycles. The molecule has 1 atom stereocenters. The Hall–Kier alpha value is -5.61. The van der Waals surface area contributed by atoms with Gasteiger partial charge in [-0.15, -0.1) is 0 Å². The maximum absolute atomic E-state index is 12.9. The van der Waals surface area contributed by atoms with Crippen LogP contribution in [0.25, 0.3) is 11.1 Å². The van der Waals surface area contributed by atoms with Gasteiger partial charge in [-0.3, -0.25) is 24.6 Å². The Morgan fingerprint density at radius 1 is 0.762 bits per heavy atom. The first-order chi connectivity index (χ1) is 20.3. The van der Waals surface area contributed by atoms with E-state index in [-0.39, 0.29) is 34.8 Å². The number of anilines is 1. The molecule has 42 heavy (non-hydrogen) atoms. The van der Waals surface area contributed by atoms with Crippen molar-refractivity contribution < 1.29 is 33.8 Å². The highest BCUT2D eigenvalue weighted by molar-refractivity contribution is 6.22. The second-order valence-corrected chi connectivity index (χ2v) is 9.46. The van der Waals surface area contributed by atoms with Crippen LogP contribution in [-0.2, 0) is 14.3 Å². The molecule has 1 fully saturated rings. The Morgan fingerprint density at radius 2 is 1.36 bits per heavy atom. The van der Waals surface area contributed by atoms with Crippen molar-refractivity contribution in [3.8, 4) is 16.9 Å². The smallest absolute Gasteiger partial charge is 0.338 e. The number of hydrogen-bond donors (Lipinski definition) is 3. The first-order valence-corrected chi connectivity index (χ1v) is 13.0. The van der Waals surface area contributed by atoms with Crippen molar-refractivity contribution in [1.29, 1.82) is 0 Å². The number of phenolic OH excluding ortho intramolecular Hbond substituents is 1. The van der Waals surface area contributed by atoms with E-state index in [4.69, 9.17) is 4.74 Å². The van der Waals surface area contributed by atoms with Crippen molar-refractivity contribution in [3.63, 3.8) is 0 Å². The zero-order chi connectivity index (χ0) is 29.6. The second-order valence-electron chi connectivity index (χ2n) is 9.46. The van der Waals surface area contributed by atoms with Gasteiger partial charge in [0.25, 0.3) is 11.8 Å². The quantitative estimate of drug-likeness (QED) is 0.121. The van der Waals surface area contributed by atoms with Gasteiger partial charge in [-0.2, -0.15) is 0 Å². The van der Waals surface area contributed by atoms with Crippen molar-refractivity contribution in [1.82, 2.24) is 10.9 Å². The van der Waals surface area contributed by atoms with E-state index in [1.54, 1.807) is 12.1 Å². The standard InChI is InChI=1S/C32H25N3O7/c36-26-16-12-23(13-17-26)30(39)34-33-27-18-29(38)35(31(27)40)25-14-10-24(11-15-25)32(41)42-19-28(37)22-8-6-21(7-9-22)20-4-2-1-3-5-20/h1-17,27,33,36H,18-19H2,(H,34,39). The van der Waals surface area contributed by atoms with Gasteiger partial charge in [0, 0.05) is 11.1 Å². The highest BCUT2D eigenvalue weighted by Crippen LogP contribution is 2.24. The first kappa shape index (κ1) is 27.9. The lowest BCUT2D eigenvalue weighted by atomic mass is 10.0. The molecule has 1 heterocycles. The zero-order valence-corrected chi connectivity index (χ0v) is 22.2. The topological polar surface area (TPSA) is 142 Å². The molecule has 1 aliphatic rings. The average Bonchev–Trinajstić information content (AvgIpc) is 3.31. The predicted molar refractivity (Wildman–Crippen MR) is 153 cm³/mol. The Bertz CT molecular complexity index is 1630. The van der Waals surface area contributed by atoms with Crippen LogP contribution in [0.2, 0.25) is 0 Å². The average molecular weight is 564 g/mol. The molecule has 0 spiro atoms. The van der Waals surface area contributed by atoms with Crippen molar-refractivity contribution in [2.75, 3.05) is 11.5 Å². The number of ketones is 1. The minimum atomic E-state index is -0.990. The molecule has 0 radical (unpaired) electrons. The first-order valence-electron chi connectivity index (χ1n) is 13.0. The number of hydrazine groups is 1. The lowest BCUT2D eigenvalue weighted by Crippen LogP contribution is -2.48. The predicted octanol–water partition coefficient (Wildman–Crippen LogP) is 3.67. The zero-order valence-electron chi connectivity index (χ0n) is 22.2. The van der Waals surface area contributed by atoms with Crippen LogP contribution in [-0.4, -0.2) is 47.2 Å². The lowest BCUT2D eigenvalue weighted by molar-refractivity contribution is -0.121. The molecule has 10 nitrogen and oxygen atoms in total. The van der Waals surface area contributed by atoms with E-state index in [0.29, 0.717) is 5.56 Å². The van der Waals surface area contributed by atoms with Gasteiger partial charge < -0.3 is 9.84 Å². The molecule has 1 saturated heterocycles. The Morgan fingerprint density at radius 3 is 2.02 bits per heavy atom. The minimum Gasteiger partial charge on any atom is -0.508 e. The summed E-state index contributed by atoms with van der Waals surface area (Å²) in [5.74, 6) is -2.69. The van der Waals surface area contributed by atoms with Crippen molar-refractivity contribution >= 4 is 35.2 Å². The second kappa shape index (κ2) is 12.3. The maximum atomic E-state index is 12.9. The SMILES string of the molecule is O=C(COC(=O)c1ccc(N2C(=O)CC(NNC(=O)c3ccc(O)cc3)C2=O)cc1)c1ccc(-c2ccccc2)cc1. The molecule has 1 aliphatic heterocycles. The van der Waals surface area contributed by atoms with Crippen LogP contribution in [0.5, 0.6) is 5.75 Å². The van der Waals surface area contributed by atoms with E-state index in [2.05, 4.69) is 10.9 Å². The molecular weight excluding hydrogens is 538 g/mol. The van der Waals surface area contributed by atoms with Crippen LogP contribution in [0, 0.1) is 0 Å². The Labute approximate surface area is 240 Å². The van der Waals surface area contributed by atoms with Gasteiger partial charge in [0.2, 0.25) is 5.91 Å². The van der Waals surface area contributed by atoms with Gasteiger partial charge in [0.05, 0.1) is 17.7 Å². The number of phenols is 1. The molecule has 210 valence electrons. The number of Topliss-reactive ketones (excluding diaryl/α,β-unsaturated/α-hetero) is 1. The van der Waals surface area contributed by atoms with E-state index < -0.39 is 36.3 Å². The van der Waals surface area contributed by atoms with Gasteiger partial charge in [-0.1, -0.05) is 54.6 Å². The third-order valence-corrected chi connectivity index (χ3v) is 6.65. The van der Waals surface area contributed by atoms with E-state index in [1.165, 1.54) is 48.5 Å². The van der Waals surface area contributed by atoms with Crippen LogP contribution in [0.3, 0.4) is 0 Å². The van der Waals surface area contributed by atoms with Crippen molar-refractivity contribution in [2.24, 2.45) is 0 Å². The molecule has 4 aromatic carbocycles. The number of amides is 3. The van der Waals surface area contributed by atoms with Gasteiger partial charge in [0.15, 0.2) is 12.4 Å². The van der Waals surface area contributed by atoms with Gasteiger partial charge >= 0.3 is 5.97 Å². The van der Waals surface area contributed by atoms with Crippen LogP contribution in [0.15, 0.2) is 103 Å². The number of nitrogens with one attached hydrogen (secondary N) is 2. The number of rotatable bonds is 9. The molecule has 3 N–H and O–H groups in total. The summed E-state index contributed by atoms with van der Waals surface area (Å²) in [6, 6.07) is 26.9. The summed E-state index contributed by atoms with van der Waals surface area (Å²) in [6.07, 6.45) is -0.188. The molecule has 4 aromatic rings. The minimum absolute atomic E-state index is 0.00415. The number of carbonyl (C=O) groups excluding carboxylic acids is 5. The summed E-state index contributed by atoms with van der Waals surface area (Å²) in [5, 5.41) is 9.35. The van der Waals surface area contributed by atoms with Crippen LogP contribution >= 0.6 is 0 Å². The molecule has 3 amide bonds. The van der Waals surface area contributed by atoms with Gasteiger partial charge in [-0.05, 0) is 59.7 Å². The van der Waals surface area contributed by atoms with Gasteiger partial charge in [0.1, 0.15) is 11.8 Å². The Balaban J connectivity index is 1.14. The number of imide groups is 1. The third kappa shape index (κ3) is 6.24. The maximum Gasteiger partial charge on any atom is 0.338 e. The molecule has 0 aromatic heterocycles. The van der Waals surface area contributed by atoms with Crippen LogP contribution in [0.1, 0.15) is 37.5 Å². The van der Waals surface area contributed by atoms with E-state index >= 15 is 0 Å². The lowest BCUT2D eigenvalue weighted by Gasteiger charge is -2.16. The fraction of sp³-hybridized carbons (Fsp3) is 0.0938. The van der Waals surface area contributed by atoms with Crippen molar-refractivity contribution in [2.45, 2.75) is 12.5 Å². The highest BCUT2D eigenvalue weighted by atomic mass is 16.5. The summed E-state index contributed by atoms with van der Waals surface area (Å²) in [4.78, 5) is 63.8. The third-order valence-electron chi connectivity index (χ3n) is 6.65. The molecular formula is C32H25N3O7. The van der Waals surface area contributed by atoms with Crippen molar-refractivity contribution in [3.05, 3.63) is 120 Å². The van der Waals surface area contributed by atoms with E-state index in [1.807, 2.05) is 42.5 Å². The number of hydrogen-bond acceptors (Lipinski definition) is 8. The van der Waals surface area contributed by atoms with Gasteiger partial charge in [-0.25, -0.2) is 15.1 Å². The fourth-order valence-electron chi connectivity index (χ4n) is 4.38. The molecule has 0 saturated carbocycles. The van der Waals surface area contributed by atoms with Crippen LogP contribution in [0.4, 0.5) is 5.69 Å². The molecule has 1 unspecified atom stereocenters. The normalized spacial score (nSPS) is 14.5. The monoisotopic (exact) mass is 563 g/mol. The summed E-state index contributed by atoms with van der Waals surface area (Å²) in [7, 11) is 0. The summed E-state index contributed by atoms with van der Waals surface area (Å²) >= 11 is 0. The summed E-state index contributed by atoms with van der Waals surface area (Å²) in [6.45, 7) is -0.447. The van der Waals surface area contributed by atoms with E-state index in [9.17, 15) is 29.1 Å². The molecule has 0 bridgehead atoms. The highest BCUT2D eigenvalue weighted by Gasteiger charge is 2.39. The number of benzene rings is 4. The number of esters is 1. The summed E-state index contributed by atoms with van der Waals surface area (Å²) < 4.78 is 5.18.